The number of nitrogens with zero attached hydrogens (tertiary/aromatic N) is 3. The molecule has 0 spiro atoms. The summed E-state index contributed by atoms with van der Waals surface area (Å²) in [6.07, 6.45) is 6.04. The first-order valence-electron chi connectivity index (χ1n) is 7.04. The zero-order valence-electron chi connectivity index (χ0n) is 12.2. The lowest BCUT2D eigenvalue weighted by Gasteiger charge is -2.19. The quantitative estimate of drug-likeness (QED) is 0.817. The summed E-state index contributed by atoms with van der Waals surface area (Å²) in [6.45, 7) is 8.31. The molecule has 2 aromatic heterocycles. The summed E-state index contributed by atoms with van der Waals surface area (Å²) in [5.41, 5.74) is 1.20. The Morgan fingerprint density at radius 2 is 2.15 bits per heavy atom. The van der Waals surface area contributed by atoms with E-state index in [1.807, 2.05) is 19.3 Å². The van der Waals surface area contributed by atoms with Crippen LogP contribution in [0.15, 0.2) is 16.9 Å². The molecule has 4 nitrogen and oxygen atoms in total. The number of halogens is 1. The van der Waals surface area contributed by atoms with Gasteiger partial charge in [0, 0.05) is 17.6 Å². The summed E-state index contributed by atoms with van der Waals surface area (Å²) in [5, 5.41) is 9.20. The molecule has 2 aromatic rings. The van der Waals surface area contributed by atoms with Crippen molar-refractivity contribution >= 4 is 27.3 Å². The Kier molecular flexibility index (Phi) is 5.74. The van der Waals surface area contributed by atoms with Gasteiger partial charge >= 0.3 is 0 Å². The van der Waals surface area contributed by atoms with Crippen molar-refractivity contribution in [3.63, 3.8) is 0 Å². The first-order valence-corrected chi connectivity index (χ1v) is 8.65. The van der Waals surface area contributed by atoms with Gasteiger partial charge in [-0.2, -0.15) is 5.10 Å². The van der Waals surface area contributed by atoms with Crippen molar-refractivity contribution < 1.29 is 0 Å². The zero-order valence-corrected chi connectivity index (χ0v) is 14.6. The van der Waals surface area contributed by atoms with Crippen molar-refractivity contribution in [2.75, 3.05) is 6.54 Å². The molecule has 1 N–H and O–H groups in total. The van der Waals surface area contributed by atoms with Crippen LogP contribution in [0.1, 0.15) is 48.3 Å². The monoisotopic (exact) mass is 356 g/mol. The normalized spacial score (nSPS) is 12.8. The highest BCUT2D eigenvalue weighted by Crippen LogP contribution is 2.31. The lowest BCUT2D eigenvalue weighted by Crippen LogP contribution is -2.25. The Labute approximate surface area is 132 Å². The van der Waals surface area contributed by atoms with Crippen molar-refractivity contribution in [2.45, 2.75) is 46.2 Å². The van der Waals surface area contributed by atoms with Gasteiger partial charge in [0.2, 0.25) is 0 Å². The third-order valence-corrected chi connectivity index (χ3v) is 4.65. The molecule has 0 bridgehead atoms. The Morgan fingerprint density at radius 1 is 1.35 bits per heavy atom. The van der Waals surface area contributed by atoms with Crippen LogP contribution in [-0.2, 0) is 6.54 Å². The summed E-state index contributed by atoms with van der Waals surface area (Å²) < 4.78 is 3.15. The fourth-order valence-corrected chi connectivity index (χ4v) is 3.57. The number of hydrogen-bond donors (Lipinski definition) is 1. The summed E-state index contributed by atoms with van der Waals surface area (Å²) in [5.74, 6) is 0. The second-order valence-corrected chi connectivity index (χ2v) is 6.89. The predicted molar refractivity (Wildman–Crippen MR) is 87.2 cm³/mol. The predicted octanol–water partition coefficient (Wildman–Crippen LogP) is 3.91. The van der Waals surface area contributed by atoms with E-state index in [2.05, 4.69) is 49.9 Å². The summed E-state index contributed by atoms with van der Waals surface area (Å²) in [6, 6.07) is 0.157. The maximum Gasteiger partial charge on any atom is 0.0897 e. The van der Waals surface area contributed by atoms with Gasteiger partial charge in [-0.1, -0.05) is 13.8 Å². The molecule has 1 unspecified atom stereocenters. The Bertz CT molecular complexity index is 549. The Hall–Kier alpha value is -0.720. The molecule has 110 valence electrons. The number of thiazole rings is 1. The van der Waals surface area contributed by atoms with E-state index in [0.717, 1.165) is 35.4 Å². The number of aromatic nitrogens is 3. The average molecular weight is 357 g/mol. The lowest BCUT2D eigenvalue weighted by molar-refractivity contribution is 0.513. The fourth-order valence-electron chi connectivity index (χ4n) is 2.18. The van der Waals surface area contributed by atoms with Crippen molar-refractivity contribution in [1.82, 2.24) is 20.1 Å². The third-order valence-electron chi connectivity index (χ3n) is 3.06. The van der Waals surface area contributed by atoms with Crippen LogP contribution in [0.3, 0.4) is 0 Å². The number of nitrogens with one attached hydrogen (secondary N) is 1. The van der Waals surface area contributed by atoms with E-state index in [1.54, 1.807) is 11.3 Å². The first kappa shape index (κ1) is 15.7. The van der Waals surface area contributed by atoms with Crippen molar-refractivity contribution in [2.24, 2.45) is 0 Å². The van der Waals surface area contributed by atoms with Crippen LogP contribution in [0.2, 0.25) is 0 Å². The van der Waals surface area contributed by atoms with Crippen molar-refractivity contribution in [3.8, 4) is 0 Å². The molecule has 0 aliphatic heterocycles. The van der Waals surface area contributed by atoms with Crippen LogP contribution in [0.5, 0.6) is 0 Å². The van der Waals surface area contributed by atoms with Crippen LogP contribution in [-0.4, -0.2) is 21.3 Å². The zero-order chi connectivity index (χ0) is 14.5. The summed E-state index contributed by atoms with van der Waals surface area (Å²) in [7, 11) is 0. The van der Waals surface area contributed by atoms with E-state index in [9.17, 15) is 0 Å². The molecule has 0 saturated heterocycles. The maximum absolute atomic E-state index is 4.48. The van der Waals surface area contributed by atoms with Gasteiger partial charge in [-0.3, -0.25) is 4.68 Å². The molecule has 20 heavy (non-hydrogen) atoms. The van der Waals surface area contributed by atoms with Gasteiger partial charge < -0.3 is 5.32 Å². The van der Waals surface area contributed by atoms with Gasteiger partial charge in [0.05, 0.1) is 27.4 Å². The fraction of sp³-hybridized carbons (Fsp3) is 0.571. The minimum absolute atomic E-state index is 0.157. The minimum atomic E-state index is 0.157. The van der Waals surface area contributed by atoms with Crippen LogP contribution >= 0.6 is 27.3 Å². The average Bonchev–Trinajstić information content (AvgIpc) is 3.00. The molecular weight excluding hydrogens is 336 g/mol. The molecular formula is C14H21BrN4S. The third kappa shape index (κ3) is 3.48. The van der Waals surface area contributed by atoms with Gasteiger partial charge in [-0.15, -0.1) is 11.3 Å². The highest BCUT2D eigenvalue weighted by Gasteiger charge is 2.23. The minimum Gasteiger partial charge on any atom is -0.304 e. The Balaban J connectivity index is 2.37. The number of hydrogen-bond acceptors (Lipinski definition) is 4. The summed E-state index contributed by atoms with van der Waals surface area (Å²) in [4.78, 5) is 5.64. The molecule has 1 atom stereocenters. The van der Waals surface area contributed by atoms with Gasteiger partial charge in [0.15, 0.2) is 0 Å². The standard InChI is InChI=1S/C14H21BrN4S/c1-4-6-16-13(12-9-17-10(3)20-12)14-11(15)8-18-19(14)7-5-2/h8-9,13,16H,4-7H2,1-3H3. The van der Waals surface area contributed by atoms with Gasteiger partial charge in [-0.05, 0) is 42.2 Å². The molecule has 0 radical (unpaired) electrons. The highest BCUT2D eigenvalue weighted by molar-refractivity contribution is 9.10. The molecule has 0 aromatic carbocycles. The molecule has 0 saturated carbocycles. The number of rotatable bonds is 7. The SMILES string of the molecule is CCCNC(c1cnc(C)s1)c1c(Br)cnn1CCC. The van der Waals surface area contributed by atoms with E-state index in [0.29, 0.717) is 0 Å². The molecule has 2 rings (SSSR count). The largest absolute Gasteiger partial charge is 0.304 e. The van der Waals surface area contributed by atoms with Crippen LogP contribution < -0.4 is 5.32 Å². The van der Waals surface area contributed by atoms with Gasteiger partial charge in [-0.25, -0.2) is 4.98 Å². The molecule has 6 heteroatoms. The molecule has 0 fully saturated rings. The topological polar surface area (TPSA) is 42.7 Å². The van der Waals surface area contributed by atoms with Crippen molar-refractivity contribution in [1.29, 1.82) is 0 Å². The second kappa shape index (κ2) is 7.33. The van der Waals surface area contributed by atoms with E-state index in [4.69, 9.17) is 0 Å². The summed E-state index contributed by atoms with van der Waals surface area (Å²) >= 11 is 5.39. The molecule has 0 amide bonds. The van der Waals surface area contributed by atoms with Gasteiger partial charge in [0.1, 0.15) is 0 Å². The molecule has 2 heterocycles. The van der Waals surface area contributed by atoms with Crippen LogP contribution in [0, 0.1) is 6.92 Å². The smallest absolute Gasteiger partial charge is 0.0897 e. The van der Waals surface area contributed by atoms with E-state index in [-0.39, 0.29) is 6.04 Å². The maximum atomic E-state index is 4.48. The highest BCUT2D eigenvalue weighted by atomic mass is 79.9. The lowest BCUT2D eigenvalue weighted by atomic mass is 10.1. The molecule has 0 aliphatic carbocycles. The number of aryl methyl sites for hydroxylation is 2. The first-order chi connectivity index (χ1) is 9.67. The van der Waals surface area contributed by atoms with E-state index in [1.165, 1.54) is 10.6 Å². The second-order valence-electron chi connectivity index (χ2n) is 4.77. The van der Waals surface area contributed by atoms with Crippen LogP contribution in [0.4, 0.5) is 0 Å². The van der Waals surface area contributed by atoms with E-state index < -0.39 is 0 Å². The molecule has 0 aliphatic rings. The Morgan fingerprint density at radius 3 is 2.75 bits per heavy atom. The van der Waals surface area contributed by atoms with Crippen molar-refractivity contribution in [3.05, 3.63) is 32.4 Å². The van der Waals surface area contributed by atoms with E-state index >= 15 is 0 Å². The van der Waals surface area contributed by atoms with Crippen LogP contribution in [0.25, 0.3) is 0 Å². The van der Waals surface area contributed by atoms with Gasteiger partial charge in [0.25, 0.3) is 0 Å².